The minimum Gasteiger partial charge on any atom is -0.496 e. The van der Waals surface area contributed by atoms with E-state index >= 15 is 0 Å². The number of nitrogens with zero attached hydrogens (tertiary/aromatic N) is 3. The molecule has 27 heavy (non-hydrogen) atoms. The maximum atomic E-state index is 12.2. The number of hydrogen-bond donors (Lipinski definition) is 1. The molecule has 1 atom stereocenters. The van der Waals surface area contributed by atoms with Crippen LogP contribution in [0.25, 0.3) is 0 Å². The van der Waals surface area contributed by atoms with Gasteiger partial charge in [0.15, 0.2) is 0 Å². The highest BCUT2D eigenvalue weighted by Gasteiger charge is 2.27. The summed E-state index contributed by atoms with van der Waals surface area (Å²) in [6.45, 7) is 6.87. The third kappa shape index (κ3) is 4.00. The van der Waals surface area contributed by atoms with Crippen LogP contribution in [0.2, 0.25) is 0 Å². The van der Waals surface area contributed by atoms with E-state index in [1.54, 1.807) is 13.2 Å². The molecule has 2 aliphatic heterocycles. The molecular formula is C21H28N4O2. The molecule has 0 saturated carbocycles. The first-order valence-electron chi connectivity index (χ1n) is 9.84. The lowest BCUT2D eigenvalue weighted by Gasteiger charge is -2.19. The molecule has 0 bridgehead atoms. The molecule has 2 aliphatic rings. The topological polar surface area (TPSA) is 61.5 Å². The number of anilines is 1. The Hall–Kier alpha value is -2.34. The molecule has 0 amide bonds. The molecule has 1 N–H and O–H groups in total. The van der Waals surface area contributed by atoms with Crippen molar-refractivity contribution in [3.8, 4) is 5.75 Å². The molecule has 4 rings (SSSR count). The van der Waals surface area contributed by atoms with E-state index in [9.17, 15) is 4.79 Å². The summed E-state index contributed by atoms with van der Waals surface area (Å²) in [5.74, 6) is 1.99. The van der Waals surface area contributed by atoms with Crippen molar-refractivity contribution in [2.75, 3.05) is 38.2 Å². The molecular weight excluding hydrogens is 340 g/mol. The van der Waals surface area contributed by atoms with Gasteiger partial charge in [-0.25, -0.2) is 4.98 Å². The van der Waals surface area contributed by atoms with Crippen LogP contribution in [0.3, 0.4) is 0 Å². The van der Waals surface area contributed by atoms with Crippen molar-refractivity contribution in [3.63, 3.8) is 0 Å². The van der Waals surface area contributed by atoms with E-state index in [4.69, 9.17) is 9.72 Å². The fraction of sp³-hybridized carbons (Fsp3) is 0.524. The number of hydrogen-bond acceptors (Lipinski definition) is 5. The van der Waals surface area contributed by atoms with Gasteiger partial charge in [-0.2, -0.15) is 0 Å². The molecule has 3 heterocycles. The maximum absolute atomic E-state index is 12.2. The van der Waals surface area contributed by atoms with Gasteiger partial charge in [-0.05, 0) is 38.8 Å². The van der Waals surface area contributed by atoms with E-state index < -0.39 is 0 Å². The number of nitrogens with one attached hydrogen (secondary N) is 1. The number of rotatable bonds is 5. The van der Waals surface area contributed by atoms with Gasteiger partial charge < -0.3 is 9.64 Å². The van der Waals surface area contributed by atoms with Gasteiger partial charge in [-0.15, -0.1) is 0 Å². The third-order valence-corrected chi connectivity index (χ3v) is 5.68. The Morgan fingerprint density at radius 2 is 2.04 bits per heavy atom. The number of aromatic amines is 1. The maximum Gasteiger partial charge on any atom is 0.252 e. The van der Waals surface area contributed by atoms with Crippen LogP contribution >= 0.6 is 0 Å². The molecule has 1 aromatic heterocycles. The van der Waals surface area contributed by atoms with Gasteiger partial charge in [0.25, 0.3) is 5.56 Å². The Morgan fingerprint density at radius 3 is 2.81 bits per heavy atom. The van der Waals surface area contributed by atoms with E-state index in [1.807, 2.05) is 6.07 Å². The van der Waals surface area contributed by atoms with Crippen LogP contribution in [0.5, 0.6) is 5.75 Å². The molecule has 1 aromatic carbocycles. The van der Waals surface area contributed by atoms with Gasteiger partial charge in [0.2, 0.25) is 5.95 Å². The van der Waals surface area contributed by atoms with Crippen molar-refractivity contribution in [1.82, 2.24) is 14.9 Å². The summed E-state index contributed by atoms with van der Waals surface area (Å²) in [7, 11) is 1.72. The second-order valence-electron chi connectivity index (χ2n) is 7.72. The standard InChI is InChI=1S/C21H28N4O2/c1-15-5-6-19(27-2)17(11-15)14-24-10-7-16(13-24)18-12-20(26)23-21(22-18)25-8-3-4-9-25/h5-6,11-12,16H,3-4,7-10,13-14H2,1-2H3,(H,22,23,26)/t16-/m1/s1. The zero-order valence-electron chi connectivity index (χ0n) is 16.2. The van der Waals surface area contributed by atoms with Crippen LogP contribution in [0.1, 0.15) is 42.0 Å². The quantitative estimate of drug-likeness (QED) is 0.879. The summed E-state index contributed by atoms with van der Waals surface area (Å²) in [5, 5.41) is 0. The van der Waals surface area contributed by atoms with Crippen LogP contribution in [0.15, 0.2) is 29.1 Å². The number of likely N-dealkylation sites (tertiary alicyclic amines) is 1. The summed E-state index contributed by atoms with van der Waals surface area (Å²) in [6.07, 6.45) is 3.37. The summed E-state index contributed by atoms with van der Waals surface area (Å²) < 4.78 is 5.52. The number of aromatic nitrogens is 2. The SMILES string of the molecule is COc1ccc(C)cc1CN1CC[C@@H](c2cc(=O)[nH]c(N3CCCC3)n2)C1. The highest BCUT2D eigenvalue weighted by atomic mass is 16.5. The largest absolute Gasteiger partial charge is 0.496 e. The smallest absolute Gasteiger partial charge is 0.252 e. The highest BCUT2D eigenvalue weighted by Crippen LogP contribution is 2.29. The van der Waals surface area contributed by atoms with Crippen LogP contribution in [-0.4, -0.2) is 48.2 Å². The van der Waals surface area contributed by atoms with Crippen LogP contribution in [0, 0.1) is 6.92 Å². The molecule has 2 fully saturated rings. The predicted octanol–water partition coefficient (Wildman–Crippen LogP) is 2.68. The average Bonchev–Trinajstić information content (AvgIpc) is 3.33. The van der Waals surface area contributed by atoms with Crippen LogP contribution < -0.4 is 15.2 Å². The first-order valence-corrected chi connectivity index (χ1v) is 9.84. The predicted molar refractivity (Wildman–Crippen MR) is 107 cm³/mol. The van der Waals surface area contributed by atoms with E-state index in [1.165, 1.54) is 24.0 Å². The Morgan fingerprint density at radius 1 is 1.22 bits per heavy atom. The van der Waals surface area contributed by atoms with Crippen molar-refractivity contribution in [3.05, 3.63) is 51.4 Å². The highest BCUT2D eigenvalue weighted by molar-refractivity contribution is 5.37. The van der Waals surface area contributed by atoms with Crippen molar-refractivity contribution < 1.29 is 4.74 Å². The molecule has 0 spiro atoms. The molecule has 144 valence electrons. The fourth-order valence-corrected chi connectivity index (χ4v) is 4.24. The van der Waals surface area contributed by atoms with E-state index in [2.05, 4.69) is 33.8 Å². The van der Waals surface area contributed by atoms with E-state index in [0.29, 0.717) is 5.92 Å². The normalized spacial score (nSPS) is 20.4. The minimum absolute atomic E-state index is 0.0410. The van der Waals surface area contributed by atoms with Gasteiger partial charge in [-0.3, -0.25) is 14.7 Å². The number of H-pyrrole nitrogens is 1. The Kier molecular flexibility index (Phi) is 5.16. The zero-order valence-corrected chi connectivity index (χ0v) is 16.2. The molecule has 6 nitrogen and oxygen atoms in total. The summed E-state index contributed by atoms with van der Waals surface area (Å²) in [5.41, 5.74) is 3.35. The van der Waals surface area contributed by atoms with Gasteiger partial charge in [0, 0.05) is 43.7 Å². The molecule has 0 aliphatic carbocycles. The van der Waals surface area contributed by atoms with E-state index in [0.717, 1.165) is 56.5 Å². The average molecular weight is 368 g/mol. The Balaban J connectivity index is 1.48. The summed E-state index contributed by atoms with van der Waals surface area (Å²) >= 11 is 0. The zero-order chi connectivity index (χ0) is 18.8. The lowest BCUT2D eigenvalue weighted by Crippen LogP contribution is -2.25. The van der Waals surface area contributed by atoms with Crippen molar-refractivity contribution in [2.45, 2.75) is 38.6 Å². The molecule has 2 saturated heterocycles. The number of aryl methyl sites for hydroxylation is 1. The van der Waals surface area contributed by atoms with Crippen molar-refractivity contribution >= 4 is 5.95 Å². The first kappa shape index (κ1) is 18.0. The van der Waals surface area contributed by atoms with Crippen molar-refractivity contribution in [2.24, 2.45) is 0 Å². The minimum atomic E-state index is -0.0410. The monoisotopic (exact) mass is 368 g/mol. The number of methoxy groups -OCH3 is 1. The Bertz CT molecular complexity index is 858. The number of benzene rings is 1. The van der Waals surface area contributed by atoms with Gasteiger partial charge in [0.1, 0.15) is 5.75 Å². The number of ether oxygens (including phenoxy) is 1. The Labute approximate surface area is 160 Å². The second-order valence-corrected chi connectivity index (χ2v) is 7.72. The molecule has 0 radical (unpaired) electrons. The van der Waals surface area contributed by atoms with Gasteiger partial charge in [0.05, 0.1) is 12.8 Å². The van der Waals surface area contributed by atoms with Crippen LogP contribution in [0.4, 0.5) is 5.95 Å². The second kappa shape index (κ2) is 7.72. The summed E-state index contributed by atoms with van der Waals surface area (Å²) in [6, 6.07) is 8.00. The first-order chi connectivity index (χ1) is 13.1. The van der Waals surface area contributed by atoms with E-state index in [-0.39, 0.29) is 5.56 Å². The fourth-order valence-electron chi connectivity index (χ4n) is 4.24. The molecule has 6 heteroatoms. The van der Waals surface area contributed by atoms with Crippen molar-refractivity contribution in [1.29, 1.82) is 0 Å². The molecule has 2 aromatic rings. The van der Waals surface area contributed by atoms with Gasteiger partial charge in [-0.1, -0.05) is 17.7 Å². The van der Waals surface area contributed by atoms with Gasteiger partial charge >= 0.3 is 0 Å². The lowest BCUT2D eigenvalue weighted by molar-refractivity contribution is 0.316. The summed E-state index contributed by atoms with van der Waals surface area (Å²) in [4.78, 5) is 24.5. The van der Waals surface area contributed by atoms with Crippen LogP contribution in [-0.2, 0) is 6.54 Å². The third-order valence-electron chi connectivity index (χ3n) is 5.68. The molecule has 0 unspecified atom stereocenters. The lowest BCUT2D eigenvalue weighted by atomic mass is 10.0.